The molecule has 4 aromatic rings. The molecule has 0 saturated carbocycles. The predicted octanol–water partition coefficient (Wildman–Crippen LogP) is 5.64. The summed E-state index contributed by atoms with van der Waals surface area (Å²) < 4.78 is 2.02. The number of benzene rings is 3. The van der Waals surface area contributed by atoms with Gasteiger partial charge < -0.3 is 5.32 Å². The van der Waals surface area contributed by atoms with Crippen LogP contribution in [0.4, 0.5) is 0 Å². The zero-order chi connectivity index (χ0) is 23.3. The third kappa shape index (κ3) is 5.71. The maximum absolute atomic E-state index is 12.5. The van der Waals surface area contributed by atoms with Crippen molar-refractivity contribution in [2.45, 2.75) is 37.9 Å². The van der Waals surface area contributed by atoms with Crippen LogP contribution in [0.25, 0.3) is 17.1 Å². The molecule has 33 heavy (non-hydrogen) atoms. The van der Waals surface area contributed by atoms with Gasteiger partial charge in [-0.25, -0.2) is 0 Å². The van der Waals surface area contributed by atoms with Crippen LogP contribution in [0.15, 0.2) is 90.1 Å². The van der Waals surface area contributed by atoms with Crippen molar-refractivity contribution in [1.29, 1.82) is 0 Å². The van der Waals surface area contributed by atoms with Gasteiger partial charge in [-0.15, -0.1) is 10.2 Å². The van der Waals surface area contributed by atoms with Crippen LogP contribution in [0.5, 0.6) is 0 Å². The van der Waals surface area contributed by atoms with Gasteiger partial charge in [0.25, 0.3) is 0 Å². The monoisotopic (exact) mass is 456 g/mol. The Labute approximate surface area is 199 Å². The molecular weight excluding hydrogens is 428 g/mol. The van der Waals surface area contributed by atoms with Gasteiger partial charge in [-0.1, -0.05) is 105 Å². The second-order valence-electron chi connectivity index (χ2n) is 8.86. The summed E-state index contributed by atoms with van der Waals surface area (Å²) in [4.78, 5) is 12.5. The van der Waals surface area contributed by atoms with Gasteiger partial charge in [-0.3, -0.25) is 9.36 Å². The number of nitrogens with zero attached hydrogens (tertiary/aromatic N) is 3. The quantitative estimate of drug-likeness (QED) is 0.366. The Balaban J connectivity index is 1.55. The highest BCUT2D eigenvalue weighted by molar-refractivity contribution is 7.99. The summed E-state index contributed by atoms with van der Waals surface area (Å²) in [7, 11) is 0. The van der Waals surface area contributed by atoms with E-state index in [0.717, 1.165) is 22.6 Å². The molecule has 0 radical (unpaired) electrons. The first-order valence-corrected chi connectivity index (χ1v) is 12.0. The third-order valence-electron chi connectivity index (χ3n) is 5.32. The minimum Gasteiger partial charge on any atom is -0.351 e. The summed E-state index contributed by atoms with van der Waals surface area (Å²) in [6.07, 6.45) is 0. The molecule has 1 N–H and O–H groups in total. The lowest BCUT2D eigenvalue weighted by Gasteiger charge is -2.19. The minimum absolute atomic E-state index is 0.0393. The second kappa shape index (κ2) is 10.0. The number of thioether (sulfide) groups is 1. The van der Waals surface area contributed by atoms with E-state index in [0.29, 0.717) is 11.7 Å². The molecule has 1 aromatic heterocycles. The molecule has 0 unspecified atom stereocenters. The summed E-state index contributed by atoms with van der Waals surface area (Å²) >= 11 is 1.39. The smallest absolute Gasteiger partial charge is 0.230 e. The Kier molecular flexibility index (Phi) is 6.94. The molecule has 168 valence electrons. The molecule has 4 rings (SSSR count). The Hall–Kier alpha value is -3.38. The van der Waals surface area contributed by atoms with Crippen LogP contribution in [0.3, 0.4) is 0 Å². The minimum atomic E-state index is -0.0393. The van der Waals surface area contributed by atoms with E-state index in [4.69, 9.17) is 0 Å². The number of carbonyl (C=O) groups is 1. The first-order chi connectivity index (χ1) is 15.9. The summed E-state index contributed by atoms with van der Waals surface area (Å²) in [6, 6.07) is 28.4. The van der Waals surface area contributed by atoms with Crippen LogP contribution < -0.4 is 5.32 Å². The molecular formula is C27H28N4OS. The normalized spacial score (nSPS) is 11.4. The lowest BCUT2D eigenvalue weighted by molar-refractivity contribution is -0.118. The molecule has 0 fully saturated rings. The summed E-state index contributed by atoms with van der Waals surface area (Å²) in [6.45, 7) is 7.11. The first-order valence-electron chi connectivity index (χ1n) is 11.0. The van der Waals surface area contributed by atoms with Crippen molar-refractivity contribution in [1.82, 2.24) is 20.1 Å². The maximum Gasteiger partial charge on any atom is 0.230 e. The average molecular weight is 457 g/mol. The number of hydrogen-bond donors (Lipinski definition) is 1. The zero-order valence-corrected chi connectivity index (χ0v) is 20.0. The van der Waals surface area contributed by atoms with Crippen LogP contribution >= 0.6 is 11.8 Å². The summed E-state index contributed by atoms with van der Waals surface area (Å²) in [5, 5.41) is 12.6. The predicted molar refractivity (Wildman–Crippen MR) is 135 cm³/mol. The van der Waals surface area contributed by atoms with Gasteiger partial charge in [-0.05, 0) is 28.7 Å². The molecule has 3 aromatic carbocycles. The second-order valence-corrected chi connectivity index (χ2v) is 9.80. The number of para-hydroxylation sites is 1. The molecule has 1 amide bonds. The number of nitrogens with one attached hydrogen (secondary N) is 1. The Morgan fingerprint density at radius 1 is 0.879 bits per heavy atom. The number of hydrogen-bond acceptors (Lipinski definition) is 4. The largest absolute Gasteiger partial charge is 0.351 e. The zero-order valence-electron chi connectivity index (χ0n) is 19.2. The van der Waals surface area contributed by atoms with E-state index >= 15 is 0 Å². The van der Waals surface area contributed by atoms with Crippen molar-refractivity contribution in [3.05, 3.63) is 96.1 Å². The van der Waals surface area contributed by atoms with Gasteiger partial charge in [-0.2, -0.15) is 0 Å². The lowest BCUT2D eigenvalue weighted by Crippen LogP contribution is -2.24. The van der Waals surface area contributed by atoms with Crippen LogP contribution in [0, 0.1) is 0 Å². The molecule has 0 aliphatic carbocycles. The Bertz CT molecular complexity index is 1200. The van der Waals surface area contributed by atoms with Crippen molar-refractivity contribution in [2.24, 2.45) is 0 Å². The van der Waals surface area contributed by atoms with Crippen molar-refractivity contribution >= 4 is 17.7 Å². The fourth-order valence-electron chi connectivity index (χ4n) is 3.46. The molecule has 0 atom stereocenters. The fourth-order valence-corrected chi connectivity index (χ4v) is 4.24. The van der Waals surface area contributed by atoms with Crippen molar-refractivity contribution < 1.29 is 4.79 Å². The highest BCUT2D eigenvalue weighted by atomic mass is 32.2. The summed E-state index contributed by atoms with van der Waals surface area (Å²) in [5.74, 6) is 0.984. The van der Waals surface area contributed by atoms with Gasteiger partial charge in [0.1, 0.15) is 0 Å². The highest BCUT2D eigenvalue weighted by Crippen LogP contribution is 2.30. The van der Waals surface area contributed by atoms with Gasteiger partial charge in [0, 0.05) is 17.8 Å². The Morgan fingerprint density at radius 3 is 2.15 bits per heavy atom. The number of carbonyl (C=O) groups excluding carboxylic acids is 1. The first kappa shape index (κ1) is 22.8. The number of amides is 1. The van der Waals surface area contributed by atoms with E-state index in [9.17, 15) is 4.79 Å². The van der Waals surface area contributed by atoms with Crippen LogP contribution in [-0.2, 0) is 16.8 Å². The molecule has 0 aliphatic rings. The molecule has 6 heteroatoms. The molecule has 0 spiro atoms. The van der Waals surface area contributed by atoms with Crippen molar-refractivity contribution in [2.75, 3.05) is 5.75 Å². The molecule has 0 bridgehead atoms. The van der Waals surface area contributed by atoms with E-state index in [-0.39, 0.29) is 17.1 Å². The van der Waals surface area contributed by atoms with Crippen LogP contribution in [-0.4, -0.2) is 26.4 Å². The average Bonchev–Trinajstić information content (AvgIpc) is 3.26. The van der Waals surface area contributed by atoms with E-state index < -0.39 is 0 Å². The standard InChI is InChI=1S/C27H28N4OS/c1-27(2,3)22-16-14-21(15-17-22)25-29-30-26(31(25)23-12-8-5-9-13-23)33-19-24(32)28-18-20-10-6-4-7-11-20/h4-17H,18-19H2,1-3H3,(H,28,32). The van der Waals surface area contributed by atoms with Gasteiger partial charge in [0.2, 0.25) is 5.91 Å². The van der Waals surface area contributed by atoms with E-state index in [1.54, 1.807) is 0 Å². The third-order valence-corrected chi connectivity index (χ3v) is 6.25. The van der Waals surface area contributed by atoms with E-state index in [2.05, 4.69) is 60.6 Å². The molecule has 5 nitrogen and oxygen atoms in total. The molecule has 0 saturated heterocycles. The fraction of sp³-hybridized carbons (Fsp3) is 0.222. The van der Waals surface area contributed by atoms with Gasteiger partial charge in [0.15, 0.2) is 11.0 Å². The lowest BCUT2D eigenvalue weighted by atomic mass is 9.87. The topological polar surface area (TPSA) is 59.8 Å². The van der Waals surface area contributed by atoms with E-state index in [1.807, 2.05) is 65.2 Å². The number of aromatic nitrogens is 3. The van der Waals surface area contributed by atoms with Crippen LogP contribution in [0.2, 0.25) is 0 Å². The maximum atomic E-state index is 12.5. The number of rotatable bonds is 7. The van der Waals surface area contributed by atoms with Gasteiger partial charge >= 0.3 is 0 Å². The highest BCUT2D eigenvalue weighted by Gasteiger charge is 2.19. The molecule has 0 aliphatic heterocycles. The van der Waals surface area contributed by atoms with Gasteiger partial charge in [0.05, 0.1) is 5.75 Å². The van der Waals surface area contributed by atoms with Crippen molar-refractivity contribution in [3.8, 4) is 17.1 Å². The van der Waals surface area contributed by atoms with E-state index in [1.165, 1.54) is 17.3 Å². The SMILES string of the molecule is CC(C)(C)c1ccc(-c2nnc(SCC(=O)NCc3ccccc3)n2-c2ccccc2)cc1. The van der Waals surface area contributed by atoms with Crippen LogP contribution in [0.1, 0.15) is 31.9 Å². The van der Waals surface area contributed by atoms with Crippen molar-refractivity contribution in [3.63, 3.8) is 0 Å². The Morgan fingerprint density at radius 2 is 1.52 bits per heavy atom. The summed E-state index contributed by atoms with van der Waals surface area (Å²) in [5.41, 5.74) is 4.37. The molecule has 1 heterocycles.